The second kappa shape index (κ2) is 7.34. The van der Waals surface area contributed by atoms with Crippen LogP contribution in [0, 0.1) is 0 Å². The molecular weight excluding hydrogens is 302 g/mol. The van der Waals surface area contributed by atoms with Gasteiger partial charge in [0.05, 0.1) is 5.25 Å². The summed E-state index contributed by atoms with van der Waals surface area (Å²) in [6, 6.07) is 24.6. The van der Waals surface area contributed by atoms with Crippen LogP contribution in [0.25, 0.3) is 10.8 Å². The molecule has 0 spiro atoms. The fourth-order valence-electron chi connectivity index (χ4n) is 2.44. The highest BCUT2D eigenvalue weighted by atomic mass is 32.2. The van der Waals surface area contributed by atoms with Crippen LogP contribution in [0.1, 0.15) is 12.5 Å². The van der Waals surface area contributed by atoms with Gasteiger partial charge >= 0.3 is 0 Å². The van der Waals surface area contributed by atoms with Crippen LogP contribution in [0.2, 0.25) is 0 Å². The predicted octanol–water partition coefficient (Wildman–Crippen LogP) is 4.64. The molecule has 3 aromatic rings. The summed E-state index contributed by atoms with van der Waals surface area (Å²) in [5.41, 5.74) is 1.12. The molecule has 0 radical (unpaired) electrons. The highest BCUT2D eigenvalue weighted by Gasteiger charge is 2.13. The van der Waals surface area contributed by atoms with Gasteiger partial charge in [-0.2, -0.15) is 0 Å². The van der Waals surface area contributed by atoms with E-state index in [1.807, 2.05) is 49.4 Å². The number of amides is 1. The number of carbonyl (C=O) groups is 1. The minimum atomic E-state index is -0.113. The summed E-state index contributed by atoms with van der Waals surface area (Å²) in [5.74, 6) is 0.0620. The van der Waals surface area contributed by atoms with E-state index in [0.29, 0.717) is 6.54 Å². The first-order valence-corrected chi connectivity index (χ1v) is 8.57. The Morgan fingerprint density at radius 3 is 2.43 bits per heavy atom. The molecule has 1 amide bonds. The first-order valence-electron chi connectivity index (χ1n) is 7.69. The van der Waals surface area contributed by atoms with Gasteiger partial charge in [0.2, 0.25) is 5.91 Å². The third-order valence-corrected chi connectivity index (χ3v) is 4.82. The van der Waals surface area contributed by atoms with E-state index >= 15 is 0 Å². The van der Waals surface area contributed by atoms with Crippen LogP contribution in [0.4, 0.5) is 0 Å². The van der Waals surface area contributed by atoms with Gasteiger partial charge in [-0.1, -0.05) is 54.6 Å². The Labute approximate surface area is 140 Å². The van der Waals surface area contributed by atoms with Crippen molar-refractivity contribution in [2.45, 2.75) is 23.6 Å². The molecule has 0 aromatic heterocycles. The quantitative estimate of drug-likeness (QED) is 0.694. The van der Waals surface area contributed by atoms with Crippen LogP contribution in [0.3, 0.4) is 0 Å². The number of thioether (sulfide) groups is 1. The van der Waals surface area contributed by atoms with Crippen LogP contribution >= 0.6 is 11.8 Å². The third-order valence-electron chi connectivity index (χ3n) is 3.71. The van der Waals surface area contributed by atoms with Crippen molar-refractivity contribution >= 4 is 28.4 Å². The lowest BCUT2D eigenvalue weighted by Gasteiger charge is -2.12. The summed E-state index contributed by atoms with van der Waals surface area (Å²) in [7, 11) is 0. The molecule has 0 fully saturated rings. The maximum Gasteiger partial charge on any atom is 0.233 e. The number of benzene rings is 3. The maximum absolute atomic E-state index is 12.3. The summed E-state index contributed by atoms with van der Waals surface area (Å²) in [6.45, 7) is 2.50. The number of fused-ring (bicyclic) bond motifs is 1. The monoisotopic (exact) mass is 321 g/mol. The van der Waals surface area contributed by atoms with Gasteiger partial charge < -0.3 is 5.32 Å². The molecule has 3 rings (SSSR count). The SMILES string of the molecule is C[C@H](Sc1ccccc1)C(=O)NCc1ccc2ccccc2c1. The van der Waals surface area contributed by atoms with Crippen molar-refractivity contribution in [3.8, 4) is 0 Å². The zero-order valence-electron chi connectivity index (χ0n) is 13.0. The van der Waals surface area contributed by atoms with E-state index in [4.69, 9.17) is 0 Å². The smallest absolute Gasteiger partial charge is 0.233 e. The molecule has 0 saturated carbocycles. The van der Waals surface area contributed by atoms with Crippen molar-refractivity contribution in [3.63, 3.8) is 0 Å². The lowest BCUT2D eigenvalue weighted by Crippen LogP contribution is -2.30. The van der Waals surface area contributed by atoms with Crippen molar-refractivity contribution in [2.24, 2.45) is 0 Å². The topological polar surface area (TPSA) is 29.1 Å². The molecule has 1 N–H and O–H groups in total. The molecule has 0 aliphatic rings. The van der Waals surface area contributed by atoms with E-state index in [1.165, 1.54) is 10.8 Å². The average Bonchev–Trinajstić information content (AvgIpc) is 2.60. The van der Waals surface area contributed by atoms with Gasteiger partial charge in [-0.25, -0.2) is 0 Å². The molecule has 116 valence electrons. The Hall–Kier alpha value is -2.26. The molecule has 3 heteroatoms. The Balaban J connectivity index is 1.59. The lowest BCUT2D eigenvalue weighted by atomic mass is 10.1. The molecule has 0 unspecified atom stereocenters. The Morgan fingerprint density at radius 2 is 1.65 bits per heavy atom. The van der Waals surface area contributed by atoms with Gasteiger partial charge in [-0.3, -0.25) is 4.79 Å². The highest BCUT2D eigenvalue weighted by molar-refractivity contribution is 8.00. The van der Waals surface area contributed by atoms with Crippen molar-refractivity contribution in [1.82, 2.24) is 5.32 Å². The fraction of sp³-hybridized carbons (Fsp3) is 0.150. The van der Waals surface area contributed by atoms with Crippen molar-refractivity contribution in [1.29, 1.82) is 0 Å². The van der Waals surface area contributed by atoms with Crippen molar-refractivity contribution < 1.29 is 4.79 Å². The minimum absolute atomic E-state index is 0.0620. The lowest BCUT2D eigenvalue weighted by molar-refractivity contribution is -0.120. The first kappa shape index (κ1) is 15.6. The van der Waals surface area contributed by atoms with Crippen LogP contribution in [0.15, 0.2) is 77.7 Å². The number of nitrogens with one attached hydrogen (secondary N) is 1. The number of hydrogen-bond acceptors (Lipinski definition) is 2. The molecule has 0 heterocycles. The second-order valence-corrected chi connectivity index (χ2v) is 6.89. The third kappa shape index (κ3) is 4.14. The standard InChI is InChI=1S/C20H19NOS/c1-15(23-19-9-3-2-4-10-19)20(22)21-14-16-11-12-17-7-5-6-8-18(17)13-16/h2-13,15H,14H2,1H3,(H,21,22)/t15-/m0/s1. The molecule has 3 aromatic carbocycles. The van der Waals surface area contributed by atoms with E-state index in [-0.39, 0.29) is 11.2 Å². The fourth-order valence-corrected chi connectivity index (χ4v) is 3.35. The Morgan fingerprint density at radius 1 is 0.957 bits per heavy atom. The van der Waals surface area contributed by atoms with Gasteiger partial charge in [0.15, 0.2) is 0 Å². The predicted molar refractivity (Wildman–Crippen MR) is 97.6 cm³/mol. The van der Waals surface area contributed by atoms with Gasteiger partial charge in [-0.05, 0) is 41.5 Å². The summed E-state index contributed by atoms with van der Waals surface area (Å²) in [5, 5.41) is 5.33. The summed E-state index contributed by atoms with van der Waals surface area (Å²) in [4.78, 5) is 13.4. The van der Waals surface area contributed by atoms with Gasteiger partial charge in [0.1, 0.15) is 0 Å². The van der Waals surface area contributed by atoms with Crippen LogP contribution in [0.5, 0.6) is 0 Å². The summed E-state index contributed by atoms with van der Waals surface area (Å²) >= 11 is 1.58. The Kier molecular flexibility index (Phi) is 4.99. The minimum Gasteiger partial charge on any atom is -0.351 e. The van der Waals surface area contributed by atoms with E-state index < -0.39 is 0 Å². The van der Waals surface area contributed by atoms with E-state index in [2.05, 4.69) is 35.6 Å². The largest absolute Gasteiger partial charge is 0.351 e. The van der Waals surface area contributed by atoms with Gasteiger partial charge in [-0.15, -0.1) is 11.8 Å². The first-order chi connectivity index (χ1) is 11.2. The van der Waals surface area contributed by atoms with Crippen molar-refractivity contribution in [3.05, 3.63) is 78.4 Å². The second-order valence-electron chi connectivity index (χ2n) is 5.47. The molecule has 23 heavy (non-hydrogen) atoms. The van der Waals surface area contributed by atoms with E-state index in [1.54, 1.807) is 11.8 Å². The molecule has 0 aliphatic carbocycles. The van der Waals surface area contributed by atoms with Gasteiger partial charge in [0.25, 0.3) is 0 Å². The molecule has 1 atom stereocenters. The normalized spacial score (nSPS) is 12.0. The maximum atomic E-state index is 12.3. The number of carbonyl (C=O) groups excluding carboxylic acids is 1. The summed E-state index contributed by atoms with van der Waals surface area (Å²) in [6.07, 6.45) is 0. The van der Waals surface area contributed by atoms with Crippen LogP contribution in [-0.4, -0.2) is 11.2 Å². The molecule has 0 bridgehead atoms. The zero-order chi connectivity index (χ0) is 16.1. The van der Waals surface area contributed by atoms with Crippen molar-refractivity contribution in [2.75, 3.05) is 0 Å². The van der Waals surface area contributed by atoms with Crippen LogP contribution in [-0.2, 0) is 11.3 Å². The summed E-state index contributed by atoms with van der Waals surface area (Å²) < 4.78 is 0. The van der Waals surface area contributed by atoms with E-state index in [0.717, 1.165) is 10.5 Å². The molecule has 0 aliphatic heterocycles. The zero-order valence-corrected chi connectivity index (χ0v) is 13.8. The Bertz CT molecular complexity index is 801. The van der Waals surface area contributed by atoms with E-state index in [9.17, 15) is 4.79 Å². The average molecular weight is 321 g/mol. The number of rotatable bonds is 5. The molecular formula is C20H19NOS. The molecule has 2 nitrogen and oxygen atoms in total. The van der Waals surface area contributed by atoms with Gasteiger partial charge in [0, 0.05) is 11.4 Å². The molecule has 0 saturated heterocycles. The highest BCUT2D eigenvalue weighted by Crippen LogP contribution is 2.22. The number of hydrogen-bond donors (Lipinski definition) is 1. The van der Waals surface area contributed by atoms with Crippen LogP contribution < -0.4 is 5.32 Å².